The summed E-state index contributed by atoms with van der Waals surface area (Å²) in [5, 5.41) is 0. The summed E-state index contributed by atoms with van der Waals surface area (Å²) in [5.41, 5.74) is 0.873. The summed E-state index contributed by atoms with van der Waals surface area (Å²) in [6.45, 7) is 2.67. The van der Waals surface area contributed by atoms with E-state index in [9.17, 15) is 9.59 Å². The van der Waals surface area contributed by atoms with Crippen molar-refractivity contribution in [1.82, 2.24) is 4.57 Å². The lowest BCUT2D eigenvalue weighted by Crippen LogP contribution is -2.21. The minimum Gasteiger partial charge on any atom is -0.494 e. The van der Waals surface area contributed by atoms with Crippen molar-refractivity contribution in [3.63, 3.8) is 0 Å². The maximum atomic E-state index is 12.4. The number of nitrogens with zero attached hydrogens (tertiary/aromatic N) is 2. The fourth-order valence-electron chi connectivity index (χ4n) is 2.72. The first kappa shape index (κ1) is 20.6. The minimum absolute atomic E-state index is 0.167. The molecule has 0 saturated carbocycles. The van der Waals surface area contributed by atoms with Crippen molar-refractivity contribution in [3.05, 3.63) is 53.3 Å². The molecule has 0 saturated heterocycles. The van der Waals surface area contributed by atoms with Gasteiger partial charge in [-0.25, -0.2) is 0 Å². The van der Waals surface area contributed by atoms with E-state index >= 15 is 0 Å². The highest BCUT2D eigenvalue weighted by Gasteiger charge is 2.11. The van der Waals surface area contributed by atoms with Gasteiger partial charge in [0.15, 0.2) is 11.4 Å². The monoisotopic (exact) mass is 414 g/mol. The zero-order valence-electron chi connectivity index (χ0n) is 16.3. The van der Waals surface area contributed by atoms with Gasteiger partial charge >= 0.3 is 5.97 Å². The molecule has 0 aliphatic rings. The maximum Gasteiger partial charge on any atom is 0.307 e. The lowest BCUT2D eigenvalue weighted by Gasteiger charge is -2.06. The molecule has 0 radical (unpaired) electrons. The Morgan fingerprint density at radius 1 is 1.07 bits per heavy atom. The largest absolute Gasteiger partial charge is 0.494 e. The molecule has 0 aliphatic heterocycles. The zero-order chi connectivity index (χ0) is 20.6. The van der Waals surface area contributed by atoms with Crippen LogP contribution in [0.3, 0.4) is 0 Å². The van der Waals surface area contributed by atoms with Crippen LogP contribution in [-0.4, -0.2) is 36.8 Å². The van der Waals surface area contributed by atoms with Crippen LogP contribution in [-0.2, 0) is 20.9 Å². The van der Waals surface area contributed by atoms with E-state index < -0.39 is 5.91 Å². The summed E-state index contributed by atoms with van der Waals surface area (Å²) in [6, 6.07) is 14.8. The first-order chi connectivity index (χ1) is 14.1. The van der Waals surface area contributed by atoms with Crippen molar-refractivity contribution in [1.29, 1.82) is 0 Å². The normalized spacial score (nSPS) is 11.4. The highest BCUT2D eigenvalue weighted by Crippen LogP contribution is 2.23. The molecule has 0 N–H and O–H groups in total. The molecule has 1 amide bonds. The van der Waals surface area contributed by atoms with Crippen LogP contribution in [0.25, 0.3) is 10.2 Å². The van der Waals surface area contributed by atoms with E-state index in [1.54, 1.807) is 12.1 Å². The van der Waals surface area contributed by atoms with Gasteiger partial charge in [0.1, 0.15) is 11.5 Å². The first-order valence-electron chi connectivity index (χ1n) is 9.19. The van der Waals surface area contributed by atoms with Crippen molar-refractivity contribution >= 4 is 33.4 Å². The number of esters is 1. The molecule has 3 rings (SSSR count). The Labute approximate surface area is 172 Å². The number of ether oxygens (including phenoxy) is 3. The van der Waals surface area contributed by atoms with E-state index in [-0.39, 0.29) is 19.0 Å². The van der Waals surface area contributed by atoms with Gasteiger partial charge in [-0.05, 0) is 37.3 Å². The molecule has 2 aromatic carbocycles. The predicted molar refractivity (Wildman–Crippen MR) is 110 cm³/mol. The summed E-state index contributed by atoms with van der Waals surface area (Å²) < 4.78 is 18.5. The van der Waals surface area contributed by atoms with E-state index in [1.165, 1.54) is 18.4 Å². The molecule has 29 heavy (non-hydrogen) atoms. The van der Waals surface area contributed by atoms with Crippen molar-refractivity contribution in [3.8, 4) is 11.5 Å². The number of benzene rings is 2. The Kier molecular flexibility index (Phi) is 7.02. The number of aryl methyl sites for hydroxylation is 1. The number of rotatable bonds is 8. The number of amides is 1. The summed E-state index contributed by atoms with van der Waals surface area (Å²) >= 11 is 1.36. The van der Waals surface area contributed by atoms with E-state index in [0.29, 0.717) is 23.7 Å². The van der Waals surface area contributed by atoms with Gasteiger partial charge in [-0.15, -0.1) is 0 Å². The van der Waals surface area contributed by atoms with Crippen molar-refractivity contribution in [2.45, 2.75) is 19.9 Å². The lowest BCUT2D eigenvalue weighted by molar-refractivity contribution is -0.140. The van der Waals surface area contributed by atoms with E-state index in [0.717, 1.165) is 16.0 Å². The molecule has 3 aromatic rings. The van der Waals surface area contributed by atoms with Crippen LogP contribution in [0.4, 0.5) is 0 Å². The molecule has 0 spiro atoms. The second kappa shape index (κ2) is 9.88. The van der Waals surface area contributed by atoms with Gasteiger partial charge in [-0.3, -0.25) is 9.59 Å². The molecule has 0 fully saturated rings. The molecule has 7 nitrogen and oxygen atoms in total. The summed E-state index contributed by atoms with van der Waals surface area (Å²) in [6.07, 6.45) is 0.178. The predicted octanol–water partition coefficient (Wildman–Crippen LogP) is 3.17. The van der Waals surface area contributed by atoms with Crippen LogP contribution in [0.1, 0.15) is 13.3 Å². The number of methoxy groups -OCH3 is 1. The number of carbonyl (C=O) groups excluding carboxylic acids is 2. The Morgan fingerprint density at radius 3 is 2.59 bits per heavy atom. The molecular weight excluding hydrogens is 392 g/mol. The second-order valence-corrected chi connectivity index (χ2v) is 7.04. The van der Waals surface area contributed by atoms with Crippen LogP contribution in [0.2, 0.25) is 0 Å². The Morgan fingerprint density at radius 2 is 1.86 bits per heavy atom. The van der Waals surface area contributed by atoms with Gasteiger partial charge in [0, 0.05) is 6.54 Å². The van der Waals surface area contributed by atoms with Gasteiger partial charge in [-0.1, -0.05) is 29.5 Å². The maximum absolute atomic E-state index is 12.4. The van der Waals surface area contributed by atoms with Gasteiger partial charge in [0.2, 0.25) is 0 Å². The van der Waals surface area contributed by atoms with Gasteiger partial charge < -0.3 is 18.8 Å². The average Bonchev–Trinajstić information content (AvgIpc) is 3.07. The Hall–Kier alpha value is -3.13. The number of thiazole rings is 1. The zero-order valence-corrected chi connectivity index (χ0v) is 17.1. The van der Waals surface area contributed by atoms with Crippen molar-refractivity contribution in [2.75, 3.05) is 20.3 Å². The standard InChI is InChI=1S/C21H22N2O5S/c1-3-27-16-9-10-17-18(13-16)29-21(23(17)12-11-20(25)26-2)22-19(24)14-28-15-7-5-4-6-8-15/h4-10,13H,3,11-12,14H2,1-2H3. The molecule has 0 atom stereocenters. The quantitative estimate of drug-likeness (QED) is 0.529. The van der Waals surface area contributed by atoms with Crippen LogP contribution in [0.5, 0.6) is 11.5 Å². The molecule has 0 unspecified atom stereocenters. The smallest absolute Gasteiger partial charge is 0.307 e. The highest BCUT2D eigenvalue weighted by atomic mass is 32.1. The number of carbonyl (C=O) groups is 2. The molecule has 8 heteroatoms. The third-order valence-electron chi connectivity index (χ3n) is 4.06. The second-order valence-electron chi connectivity index (χ2n) is 6.03. The third kappa shape index (κ3) is 5.45. The fraction of sp³-hybridized carbons (Fsp3) is 0.286. The SMILES string of the molecule is CCOc1ccc2c(c1)sc(=NC(=O)COc1ccccc1)n2CCC(=O)OC. The summed E-state index contributed by atoms with van der Waals surface area (Å²) in [5.74, 6) is 0.615. The lowest BCUT2D eigenvalue weighted by atomic mass is 10.3. The van der Waals surface area contributed by atoms with Gasteiger partial charge in [-0.2, -0.15) is 4.99 Å². The van der Waals surface area contributed by atoms with Gasteiger partial charge in [0.25, 0.3) is 5.91 Å². The topological polar surface area (TPSA) is 79.1 Å². The van der Waals surface area contributed by atoms with Crippen molar-refractivity contribution in [2.24, 2.45) is 4.99 Å². The molecular formula is C21H22N2O5S. The van der Waals surface area contributed by atoms with E-state index in [1.807, 2.05) is 47.9 Å². The Bertz CT molecular complexity index is 1060. The fourth-order valence-corrected chi connectivity index (χ4v) is 3.82. The van der Waals surface area contributed by atoms with Gasteiger partial charge in [0.05, 0.1) is 30.4 Å². The Balaban J connectivity index is 1.89. The van der Waals surface area contributed by atoms with Crippen LogP contribution in [0.15, 0.2) is 53.5 Å². The molecule has 0 aliphatic carbocycles. The van der Waals surface area contributed by atoms with E-state index in [2.05, 4.69) is 4.99 Å². The first-order valence-corrected chi connectivity index (χ1v) is 10.0. The number of fused-ring (bicyclic) bond motifs is 1. The van der Waals surface area contributed by atoms with Crippen LogP contribution >= 0.6 is 11.3 Å². The third-order valence-corrected chi connectivity index (χ3v) is 5.10. The molecule has 1 heterocycles. The molecule has 1 aromatic heterocycles. The molecule has 152 valence electrons. The van der Waals surface area contributed by atoms with Crippen LogP contribution in [0, 0.1) is 0 Å². The number of aromatic nitrogens is 1. The van der Waals surface area contributed by atoms with E-state index in [4.69, 9.17) is 14.2 Å². The highest BCUT2D eigenvalue weighted by molar-refractivity contribution is 7.16. The molecule has 0 bridgehead atoms. The summed E-state index contributed by atoms with van der Waals surface area (Å²) in [4.78, 5) is 28.7. The number of para-hydroxylation sites is 1. The number of hydrogen-bond acceptors (Lipinski definition) is 6. The minimum atomic E-state index is -0.405. The van der Waals surface area contributed by atoms with Crippen LogP contribution < -0.4 is 14.3 Å². The van der Waals surface area contributed by atoms with Crippen molar-refractivity contribution < 1.29 is 23.8 Å². The average molecular weight is 414 g/mol. The number of hydrogen-bond donors (Lipinski definition) is 0. The summed E-state index contributed by atoms with van der Waals surface area (Å²) in [7, 11) is 1.35.